The van der Waals surface area contributed by atoms with Crippen molar-refractivity contribution >= 4 is 65.4 Å². The van der Waals surface area contributed by atoms with E-state index >= 15 is 0 Å². The highest BCUT2D eigenvalue weighted by Crippen LogP contribution is 2.38. The fourth-order valence-electron chi connectivity index (χ4n) is 6.84. The summed E-state index contributed by atoms with van der Waals surface area (Å²) >= 11 is 0. The third kappa shape index (κ3) is 3.52. The van der Waals surface area contributed by atoms with Gasteiger partial charge in [-0.1, -0.05) is 54.6 Å². The van der Waals surface area contributed by atoms with E-state index in [1.165, 1.54) is 5.39 Å². The van der Waals surface area contributed by atoms with Crippen molar-refractivity contribution in [3.63, 3.8) is 0 Å². The van der Waals surface area contributed by atoms with E-state index in [0.717, 1.165) is 94.1 Å². The van der Waals surface area contributed by atoms with E-state index in [2.05, 4.69) is 99.9 Å². The van der Waals surface area contributed by atoms with Crippen LogP contribution in [0.1, 0.15) is 0 Å². The van der Waals surface area contributed by atoms with Gasteiger partial charge in [-0.3, -0.25) is 15.0 Å². The maximum atomic E-state index is 5.26. The zero-order valence-electron chi connectivity index (χ0n) is 23.8. The second kappa shape index (κ2) is 9.08. The van der Waals surface area contributed by atoms with Gasteiger partial charge in [0.05, 0.1) is 33.6 Å². The molecule has 3 aromatic carbocycles. The quantitative estimate of drug-likeness (QED) is 0.195. The third-order valence-electron chi connectivity index (χ3n) is 8.87. The first-order chi connectivity index (χ1) is 22.3. The van der Waals surface area contributed by atoms with Crippen LogP contribution in [0.5, 0.6) is 0 Å². The number of hydrogen-bond acceptors (Lipinski definition) is 4. The Hall–Kier alpha value is -6.34. The van der Waals surface area contributed by atoms with Gasteiger partial charge in [0, 0.05) is 73.0 Å². The molecular weight excluding hydrogens is 554 g/mol. The molecule has 0 aliphatic heterocycles. The Balaban J connectivity index is 1.29. The Bertz CT molecular complexity index is 2470. The van der Waals surface area contributed by atoms with E-state index in [9.17, 15) is 0 Å². The standard InChI is InChI=1S/C38H23N7/c1-4-10-28-22(7-1)25-13-16-39-33(34(25)43-28)21-19-31(37-35-26(14-17-40-37)23-8-2-5-11-29(23)44-35)42-32(20-21)38-36-27(15-18-41-38)24-9-3-6-12-30(24)45-36/h1-20,43-45H. The van der Waals surface area contributed by atoms with E-state index in [-0.39, 0.29) is 0 Å². The molecule has 210 valence electrons. The minimum atomic E-state index is 0.740. The first kappa shape index (κ1) is 24.1. The molecule has 0 amide bonds. The molecule has 0 unspecified atom stereocenters. The maximum absolute atomic E-state index is 5.26. The molecule has 0 bridgehead atoms. The number of fused-ring (bicyclic) bond motifs is 9. The number of hydrogen-bond donors (Lipinski definition) is 3. The third-order valence-corrected chi connectivity index (χ3v) is 8.87. The average molecular weight is 578 g/mol. The zero-order chi connectivity index (χ0) is 29.5. The number of nitrogens with one attached hydrogen (secondary N) is 3. The smallest absolute Gasteiger partial charge is 0.113 e. The Morgan fingerprint density at radius 2 is 0.756 bits per heavy atom. The molecule has 10 aromatic rings. The number of aromatic nitrogens is 7. The Labute approximate surface area is 255 Å². The van der Waals surface area contributed by atoms with E-state index in [1.54, 1.807) is 0 Å². The van der Waals surface area contributed by atoms with Gasteiger partial charge in [0.2, 0.25) is 0 Å². The van der Waals surface area contributed by atoms with Crippen molar-refractivity contribution in [3.8, 4) is 34.0 Å². The number of H-pyrrole nitrogens is 3. The van der Waals surface area contributed by atoms with Crippen molar-refractivity contribution in [3.05, 3.63) is 122 Å². The lowest BCUT2D eigenvalue weighted by Gasteiger charge is -2.11. The van der Waals surface area contributed by atoms with Crippen LogP contribution < -0.4 is 0 Å². The predicted octanol–water partition coefficient (Wildman–Crippen LogP) is 9.17. The Morgan fingerprint density at radius 3 is 1.20 bits per heavy atom. The molecule has 0 saturated heterocycles. The number of aromatic amines is 3. The fraction of sp³-hybridized carbons (Fsp3) is 0. The lowest BCUT2D eigenvalue weighted by atomic mass is 10.0. The molecule has 0 atom stereocenters. The molecule has 0 aliphatic rings. The molecule has 45 heavy (non-hydrogen) atoms. The fourth-order valence-corrected chi connectivity index (χ4v) is 6.84. The van der Waals surface area contributed by atoms with E-state index in [1.807, 2.05) is 36.8 Å². The first-order valence-electron chi connectivity index (χ1n) is 14.9. The topological polar surface area (TPSA) is 98.9 Å². The summed E-state index contributed by atoms with van der Waals surface area (Å²) in [5.41, 5.74) is 10.9. The summed E-state index contributed by atoms with van der Waals surface area (Å²) in [5.74, 6) is 0. The molecule has 3 N–H and O–H groups in total. The van der Waals surface area contributed by atoms with Gasteiger partial charge in [-0.25, -0.2) is 4.98 Å². The SMILES string of the molecule is c1ccc2c(c1)[nH]c1c(-c3cc(-c4nccc5c4[nH]c4ccccc45)nc(-c4nccc5c4[nH]c4ccccc45)c3)nccc12. The summed E-state index contributed by atoms with van der Waals surface area (Å²) in [6.07, 6.45) is 5.60. The normalized spacial score (nSPS) is 12.0. The van der Waals surface area contributed by atoms with Crippen LogP contribution >= 0.6 is 0 Å². The molecule has 7 aromatic heterocycles. The zero-order valence-corrected chi connectivity index (χ0v) is 23.8. The van der Waals surface area contributed by atoms with Gasteiger partial charge < -0.3 is 15.0 Å². The summed E-state index contributed by atoms with van der Waals surface area (Å²) in [5, 5.41) is 6.82. The molecule has 0 radical (unpaired) electrons. The summed E-state index contributed by atoms with van der Waals surface area (Å²) in [6.45, 7) is 0. The van der Waals surface area contributed by atoms with E-state index < -0.39 is 0 Å². The summed E-state index contributed by atoms with van der Waals surface area (Å²) in [7, 11) is 0. The molecule has 7 heteroatoms. The van der Waals surface area contributed by atoms with Crippen LogP contribution in [0, 0.1) is 0 Å². The predicted molar refractivity (Wildman–Crippen MR) is 182 cm³/mol. The molecule has 7 nitrogen and oxygen atoms in total. The largest absolute Gasteiger partial charge is 0.353 e. The highest BCUT2D eigenvalue weighted by Gasteiger charge is 2.20. The van der Waals surface area contributed by atoms with Gasteiger partial charge in [-0.05, 0) is 48.5 Å². The lowest BCUT2D eigenvalue weighted by Crippen LogP contribution is -1.97. The van der Waals surface area contributed by atoms with Crippen molar-refractivity contribution in [2.75, 3.05) is 0 Å². The number of rotatable bonds is 3. The van der Waals surface area contributed by atoms with Crippen LogP contribution in [0.2, 0.25) is 0 Å². The minimum Gasteiger partial charge on any atom is -0.353 e. The number of para-hydroxylation sites is 3. The number of benzene rings is 3. The van der Waals surface area contributed by atoms with E-state index in [4.69, 9.17) is 19.9 Å². The highest BCUT2D eigenvalue weighted by molar-refractivity contribution is 6.14. The van der Waals surface area contributed by atoms with Crippen molar-refractivity contribution in [2.24, 2.45) is 0 Å². The molecule has 0 saturated carbocycles. The Kier molecular flexibility index (Phi) is 4.87. The number of nitrogens with zero attached hydrogens (tertiary/aromatic N) is 4. The summed E-state index contributed by atoms with van der Waals surface area (Å²) in [4.78, 5) is 30.8. The van der Waals surface area contributed by atoms with Gasteiger partial charge >= 0.3 is 0 Å². The summed E-state index contributed by atoms with van der Waals surface area (Å²) < 4.78 is 0. The monoisotopic (exact) mass is 577 g/mol. The van der Waals surface area contributed by atoms with Gasteiger partial charge in [0.15, 0.2) is 0 Å². The number of pyridine rings is 4. The Morgan fingerprint density at radius 1 is 0.378 bits per heavy atom. The second-order valence-electron chi connectivity index (χ2n) is 11.4. The second-order valence-corrected chi connectivity index (χ2v) is 11.4. The van der Waals surface area contributed by atoms with Crippen molar-refractivity contribution in [2.45, 2.75) is 0 Å². The van der Waals surface area contributed by atoms with Crippen LogP contribution in [0.15, 0.2) is 122 Å². The molecule has 7 heterocycles. The van der Waals surface area contributed by atoms with Gasteiger partial charge in [-0.2, -0.15) is 0 Å². The average Bonchev–Trinajstić information content (AvgIpc) is 3.79. The van der Waals surface area contributed by atoms with Crippen molar-refractivity contribution in [1.29, 1.82) is 0 Å². The molecule has 0 spiro atoms. The van der Waals surface area contributed by atoms with Crippen LogP contribution in [0.3, 0.4) is 0 Å². The maximum Gasteiger partial charge on any atom is 0.113 e. The van der Waals surface area contributed by atoms with Crippen LogP contribution in [0.4, 0.5) is 0 Å². The van der Waals surface area contributed by atoms with Gasteiger partial charge in [0.25, 0.3) is 0 Å². The lowest BCUT2D eigenvalue weighted by molar-refractivity contribution is 1.22. The van der Waals surface area contributed by atoms with Crippen molar-refractivity contribution in [1.82, 2.24) is 34.9 Å². The highest BCUT2D eigenvalue weighted by atomic mass is 14.9. The van der Waals surface area contributed by atoms with Gasteiger partial charge in [0.1, 0.15) is 11.4 Å². The van der Waals surface area contributed by atoms with Crippen LogP contribution in [-0.4, -0.2) is 34.9 Å². The molecule has 10 rings (SSSR count). The van der Waals surface area contributed by atoms with Gasteiger partial charge in [-0.15, -0.1) is 0 Å². The van der Waals surface area contributed by atoms with Crippen LogP contribution in [-0.2, 0) is 0 Å². The molecule has 0 fully saturated rings. The van der Waals surface area contributed by atoms with Crippen LogP contribution in [0.25, 0.3) is 99.5 Å². The van der Waals surface area contributed by atoms with Crippen molar-refractivity contribution < 1.29 is 0 Å². The van der Waals surface area contributed by atoms with E-state index in [0.29, 0.717) is 0 Å². The first-order valence-corrected chi connectivity index (χ1v) is 14.9. The molecule has 0 aliphatic carbocycles. The summed E-state index contributed by atoms with van der Waals surface area (Å²) in [6, 6.07) is 35.4. The minimum absolute atomic E-state index is 0.740. The molecular formula is C38H23N7.